The second-order valence-corrected chi connectivity index (χ2v) is 5.98. The molecule has 0 aliphatic rings. The van der Waals surface area contributed by atoms with Gasteiger partial charge in [0.15, 0.2) is 0 Å². The molecule has 134 valence electrons. The Kier molecular flexibility index (Phi) is 5.93. The summed E-state index contributed by atoms with van der Waals surface area (Å²) in [5.74, 6) is 6.48. The number of benzene rings is 1. The number of carbonyl (C=O) groups is 1. The molecule has 0 aliphatic heterocycles. The minimum atomic E-state index is -0.326. The molecule has 0 aliphatic carbocycles. The van der Waals surface area contributed by atoms with Crippen LogP contribution >= 0.6 is 0 Å². The molecule has 1 atom stereocenters. The third kappa shape index (κ3) is 5.00. The smallest absolute Gasteiger partial charge is 0.242 e. The summed E-state index contributed by atoms with van der Waals surface area (Å²) in [6, 6.07) is 16.9. The molecule has 2 heterocycles. The van der Waals surface area contributed by atoms with Crippen LogP contribution in [-0.4, -0.2) is 29.0 Å². The fourth-order valence-electron chi connectivity index (χ4n) is 2.38. The van der Waals surface area contributed by atoms with E-state index in [2.05, 4.69) is 32.4 Å². The molecule has 5 nitrogen and oxygen atoms in total. The van der Waals surface area contributed by atoms with Crippen LogP contribution in [0.3, 0.4) is 0 Å². The number of rotatable bonds is 4. The molecule has 2 N–H and O–H groups in total. The van der Waals surface area contributed by atoms with E-state index in [1.165, 1.54) is 0 Å². The van der Waals surface area contributed by atoms with Gasteiger partial charge in [-0.3, -0.25) is 9.78 Å². The van der Waals surface area contributed by atoms with Crippen LogP contribution in [-0.2, 0) is 4.79 Å². The van der Waals surface area contributed by atoms with Crippen LogP contribution < -0.4 is 10.6 Å². The molecule has 3 rings (SSSR count). The van der Waals surface area contributed by atoms with E-state index in [1.807, 2.05) is 54.6 Å². The van der Waals surface area contributed by atoms with Gasteiger partial charge >= 0.3 is 0 Å². The molecular weight excluding hydrogens is 336 g/mol. The number of hydrogen-bond acceptors (Lipinski definition) is 4. The van der Waals surface area contributed by atoms with E-state index < -0.39 is 0 Å². The molecular formula is C22H20N4O. The van der Waals surface area contributed by atoms with E-state index in [9.17, 15) is 4.79 Å². The lowest BCUT2D eigenvalue weighted by Crippen LogP contribution is -2.35. The van der Waals surface area contributed by atoms with E-state index in [-0.39, 0.29) is 11.9 Å². The first-order valence-corrected chi connectivity index (χ1v) is 8.63. The van der Waals surface area contributed by atoms with E-state index in [4.69, 9.17) is 0 Å². The Morgan fingerprint density at radius 3 is 2.56 bits per heavy atom. The highest BCUT2D eigenvalue weighted by molar-refractivity contribution is 5.94. The van der Waals surface area contributed by atoms with Crippen LogP contribution in [0.2, 0.25) is 0 Å². The second kappa shape index (κ2) is 8.75. The first-order chi connectivity index (χ1) is 13.2. The molecule has 2 aromatic heterocycles. The maximum Gasteiger partial charge on any atom is 0.242 e. The molecule has 0 saturated carbocycles. The summed E-state index contributed by atoms with van der Waals surface area (Å²) in [6.07, 6.45) is 3.49. The largest absolute Gasteiger partial charge is 0.309 e. The molecule has 1 aromatic carbocycles. The van der Waals surface area contributed by atoms with Crippen molar-refractivity contribution in [1.29, 1.82) is 0 Å². The second-order valence-electron chi connectivity index (χ2n) is 5.98. The zero-order chi connectivity index (χ0) is 19.1. The van der Waals surface area contributed by atoms with Crippen molar-refractivity contribution < 1.29 is 4.79 Å². The summed E-state index contributed by atoms with van der Waals surface area (Å²) < 4.78 is 0. The zero-order valence-electron chi connectivity index (χ0n) is 15.2. The van der Waals surface area contributed by atoms with Crippen LogP contribution in [0.1, 0.15) is 18.2 Å². The first-order valence-electron chi connectivity index (χ1n) is 8.63. The van der Waals surface area contributed by atoms with Crippen molar-refractivity contribution in [3.8, 4) is 23.0 Å². The van der Waals surface area contributed by atoms with Crippen LogP contribution in [0.25, 0.3) is 11.1 Å². The molecule has 1 amide bonds. The van der Waals surface area contributed by atoms with Crippen LogP contribution in [0, 0.1) is 11.8 Å². The topological polar surface area (TPSA) is 66.9 Å². The number of pyridine rings is 2. The summed E-state index contributed by atoms with van der Waals surface area (Å²) in [6.45, 7) is 1.79. The first kappa shape index (κ1) is 18.3. The van der Waals surface area contributed by atoms with Gasteiger partial charge in [-0.25, -0.2) is 4.98 Å². The fraction of sp³-hybridized carbons (Fsp3) is 0.136. The molecule has 0 unspecified atom stereocenters. The van der Waals surface area contributed by atoms with Gasteiger partial charge in [0.25, 0.3) is 0 Å². The van der Waals surface area contributed by atoms with Gasteiger partial charge in [-0.05, 0) is 55.8 Å². The number of hydrogen-bond donors (Lipinski definition) is 2. The van der Waals surface area contributed by atoms with Crippen molar-refractivity contribution in [2.45, 2.75) is 13.0 Å². The van der Waals surface area contributed by atoms with Gasteiger partial charge in [0.2, 0.25) is 5.91 Å². The normalized spacial score (nSPS) is 11.2. The molecule has 0 fully saturated rings. The van der Waals surface area contributed by atoms with Crippen molar-refractivity contribution in [2.75, 3.05) is 12.4 Å². The molecule has 0 spiro atoms. The molecule has 0 radical (unpaired) electrons. The Labute approximate surface area is 158 Å². The maximum absolute atomic E-state index is 12.2. The SMILES string of the molecule is CN[C@H](C)C(=O)Nc1cc(-c2cccnc2)cc(C#Cc2ccccc2)n1. The Bertz CT molecular complexity index is 975. The van der Waals surface area contributed by atoms with Crippen LogP contribution in [0.5, 0.6) is 0 Å². The Balaban J connectivity index is 1.98. The average molecular weight is 356 g/mol. The summed E-state index contributed by atoms with van der Waals surface area (Å²) in [5.41, 5.74) is 3.30. The van der Waals surface area contributed by atoms with Gasteiger partial charge in [0.1, 0.15) is 11.5 Å². The van der Waals surface area contributed by atoms with Crippen LogP contribution in [0.15, 0.2) is 67.0 Å². The Hall–Kier alpha value is -3.49. The predicted molar refractivity (Wildman–Crippen MR) is 107 cm³/mol. The van der Waals surface area contributed by atoms with Gasteiger partial charge in [-0.2, -0.15) is 0 Å². The quantitative estimate of drug-likeness (QED) is 0.705. The summed E-state index contributed by atoms with van der Waals surface area (Å²) in [4.78, 5) is 20.9. The third-order valence-electron chi connectivity index (χ3n) is 4.01. The Morgan fingerprint density at radius 1 is 1.04 bits per heavy atom. The number of amides is 1. The summed E-state index contributed by atoms with van der Waals surface area (Å²) >= 11 is 0. The van der Waals surface area contributed by atoms with E-state index in [1.54, 1.807) is 26.4 Å². The lowest BCUT2D eigenvalue weighted by Gasteiger charge is -2.12. The molecule has 0 bridgehead atoms. The number of aromatic nitrogens is 2. The molecule has 5 heteroatoms. The minimum Gasteiger partial charge on any atom is -0.309 e. The monoisotopic (exact) mass is 356 g/mol. The van der Waals surface area contributed by atoms with Crippen molar-refractivity contribution >= 4 is 11.7 Å². The fourth-order valence-corrected chi connectivity index (χ4v) is 2.38. The number of nitrogens with one attached hydrogen (secondary N) is 2. The van der Waals surface area contributed by atoms with Gasteiger partial charge in [-0.1, -0.05) is 30.2 Å². The van der Waals surface area contributed by atoms with Crippen molar-refractivity contribution in [1.82, 2.24) is 15.3 Å². The van der Waals surface area contributed by atoms with Crippen molar-refractivity contribution in [2.24, 2.45) is 0 Å². The van der Waals surface area contributed by atoms with Gasteiger partial charge in [-0.15, -0.1) is 0 Å². The van der Waals surface area contributed by atoms with Crippen LogP contribution in [0.4, 0.5) is 5.82 Å². The van der Waals surface area contributed by atoms with Gasteiger partial charge in [0, 0.05) is 23.5 Å². The van der Waals surface area contributed by atoms with Gasteiger partial charge in [0.05, 0.1) is 6.04 Å². The summed E-state index contributed by atoms with van der Waals surface area (Å²) in [7, 11) is 1.74. The van der Waals surface area contributed by atoms with Crippen molar-refractivity contribution in [3.63, 3.8) is 0 Å². The highest BCUT2D eigenvalue weighted by Gasteiger charge is 2.12. The number of likely N-dealkylation sites (N-methyl/N-ethyl adjacent to an activating group) is 1. The van der Waals surface area contributed by atoms with E-state index in [0.717, 1.165) is 16.7 Å². The minimum absolute atomic E-state index is 0.157. The highest BCUT2D eigenvalue weighted by atomic mass is 16.2. The molecule has 0 saturated heterocycles. The van der Waals surface area contributed by atoms with E-state index >= 15 is 0 Å². The lowest BCUT2D eigenvalue weighted by atomic mass is 10.1. The van der Waals surface area contributed by atoms with E-state index in [0.29, 0.717) is 11.5 Å². The van der Waals surface area contributed by atoms with Gasteiger partial charge < -0.3 is 10.6 Å². The molecule has 27 heavy (non-hydrogen) atoms. The number of carbonyl (C=O) groups excluding carboxylic acids is 1. The Morgan fingerprint density at radius 2 is 1.85 bits per heavy atom. The average Bonchev–Trinajstić information content (AvgIpc) is 2.73. The number of anilines is 1. The molecule has 3 aromatic rings. The predicted octanol–water partition coefficient (Wildman–Crippen LogP) is 3.09. The third-order valence-corrected chi connectivity index (χ3v) is 4.01. The highest BCUT2D eigenvalue weighted by Crippen LogP contribution is 2.22. The van der Waals surface area contributed by atoms with Crippen molar-refractivity contribution in [3.05, 3.63) is 78.2 Å². The maximum atomic E-state index is 12.2. The number of nitrogens with zero attached hydrogens (tertiary/aromatic N) is 2. The summed E-state index contributed by atoms with van der Waals surface area (Å²) in [5, 5.41) is 5.76. The zero-order valence-corrected chi connectivity index (χ0v) is 15.2. The lowest BCUT2D eigenvalue weighted by molar-refractivity contribution is -0.117. The standard InChI is InChI=1S/C22H20N4O/c1-16(23-2)22(27)26-21-14-19(18-9-6-12-24-15-18)13-20(25-21)11-10-17-7-4-3-5-8-17/h3-9,12-16,23H,1-2H3,(H,25,26,27)/t16-/m1/s1.